The van der Waals surface area contributed by atoms with E-state index in [1.54, 1.807) is 0 Å². The third kappa shape index (κ3) is 3.85. The molecule has 2 atom stereocenters. The highest BCUT2D eigenvalue weighted by Crippen LogP contribution is 2.24. The van der Waals surface area contributed by atoms with Gasteiger partial charge in [0.2, 0.25) is 0 Å². The van der Waals surface area contributed by atoms with Crippen LogP contribution in [0, 0.1) is 0 Å². The highest BCUT2D eigenvalue weighted by molar-refractivity contribution is 4.78. The zero-order valence-electron chi connectivity index (χ0n) is 6.80. The van der Waals surface area contributed by atoms with E-state index in [2.05, 4.69) is 18.6 Å². The highest BCUT2D eigenvalue weighted by atomic mass is 16.6. The van der Waals surface area contributed by atoms with Gasteiger partial charge in [-0.15, -0.1) is 0 Å². The predicted octanol–water partition coefficient (Wildman–Crippen LogP) is 1.59. The van der Waals surface area contributed by atoms with Crippen molar-refractivity contribution in [3.05, 3.63) is 0 Å². The van der Waals surface area contributed by atoms with Crippen LogP contribution in [-0.4, -0.2) is 25.4 Å². The largest absolute Gasteiger partial charge is 0.377 e. The number of hydrogen-bond acceptors (Lipinski definition) is 2. The van der Waals surface area contributed by atoms with Gasteiger partial charge in [0.05, 0.1) is 25.4 Å². The second-order valence-corrected chi connectivity index (χ2v) is 2.78. The Morgan fingerprint density at radius 1 is 1.40 bits per heavy atom. The van der Waals surface area contributed by atoms with Crippen molar-refractivity contribution in [2.24, 2.45) is 0 Å². The summed E-state index contributed by atoms with van der Waals surface area (Å²) >= 11 is 0. The average Bonchev–Trinajstić information content (AvgIpc) is 2.66. The van der Waals surface area contributed by atoms with Gasteiger partial charge in [-0.2, -0.15) is 0 Å². The van der Waals surface area contributed by atoms with Gasteiger partial charge in [0, 0.05) is 0 Å². The standard InChI is InChI=1S/C6H12O.C2H4O/c1-3-4-6-5(2)7-6;1-2-3-1/h5-6H,3-4H2,1-2H3;1-2H2. The first-order chi connectivity index (χ1) is 4.84. The zero-order chi connectivity index (χ0) is 7.40. The molecule has 0 N–H and O–H groups in total. The average molecular weight is 144 g/mol. The van der Waals surface area contributed by atoms with Gasteiger partial charge < -0.3 is 9.47 Å². The van der Waals surface area contributed by atoms with Crippen molar-refractivity contribution in [3.8, 4) is 0 Å². The number of epoxide rings is 2. The molecule has 2 heteroatoms. The highest BCUT2D eigenvalue weighted by Gasteiger charge is 2.32. The van der Waals surface area contributed by atoms with Crippen molar-refractivity contribution in [1.82, 2.24) is 0 Å². The molecule has 0 amide bonds. The fraction of sp³-hybridized carbons (Fsp3) is 1.00. The van der Waals surface area contributed by atoms with Crippen molar-refractivity contribution < 1.29 is 9.47 Å². The molecule has 2 aliphatic rings. The van der Waals surface area contributed by atoms with Crippen molar-refractivity contribution in [2.75, 3.05) is 13.2 Å². The molecule has 0 saturated carbocycles. The Bertz CT molecular complexity index is 88.5. The summed E-state index contributed by atoms with van der Waals surface area (Å²) in [5, 5.41) is 0. The van der Waals surface area contributed by atoms with Crippen molar-refractivity contribution >= 4 is 0 Å². The molecular formula is C8H16O2. The summed E-state index contributed by atoms with van der Waals surface area (Å²) in [4.78, 5) is 0. The molecule has 0 aromatic rings. The van der Waals surface area contributed by atoms with E-state index in [0.29, 0.717) is 12.2 Å². The van der Waals surface area contributed by atoms with Gasteiger partial charge in [0.25, 0.3) is 0 Å². The minimum absolute atomic E-state index is 0.569. The van der Waals surface area contributed by atoms with Crippen molar-refractivity contribution in [3.63, 3.8) is 0 Å². The maximum absolute atomic E-state index is 5.16. The number of hydrogen-bond donors (Lipinski definition) is 0. The van der Waals surface area contributed by atoms with Crippen LogP contribution in [0.3, 0.4) is 0 Å². The molecule has 2 rings (SSSR count). The van der Waals surface area contributed by atoms with E-state index < -0.39 is 0 Å². The smallest absolute Gasteiger partial charge is 0.0838 e. The molecule has 0 radical (unpaired) electrons. The molecule has 2 unspecified atom stereocenters. The molecule has 2 nitrogen and oxygen atoms in total. The van der Waals surface area contributed by atoms with E-state index in [9.17, 15) is 0 Å². The Kier molecular flexibility index (Phi) is 3.16. The second-order valence-electron chi connectivity index (χ2n) is 2.78. The fourth-order valence-electron chi connectivity index (χ4n) is 0.818. The number of rotatable bonds is 2. The van der Waals surface area contributed by atoms with Crippen molar-refractivity contribution in [2.45, 2.75) is 38.9 Å². The summed E-state index contributed by atoms with van der Waals surface area (Å²) in [7, 11) is 0. The molecule has 0 aliphatic carbocycles. The van der Waals surface area contributed by atoms with Gasteiger partial charge in [-0.05, 0) is 13.3 Å². The molecule has 0 spiro atoms. The van der Waals surface area contributed by atoms with Gasteiger partial charge in [-0.1, -0.05) is 13.3 Å². The van der Waals surface area contributed by atoms with Crippen LogP contribution in [0.15, 0.2) is 0 Å². The molecule has 0 bridgehead atoms. The maximum Gasteiger partial charge on any atom is 0.0838 e. The molecule has 2 aliphatic heterocycles. The van der Waals surface area contributed by atoms with E-state index in [4.69, 9.17) is 4.74 Å². The minimum atomic E-state index is 0.569. The van der Waals surface area contributed by atoms with Crippen LogP contribution in [0.5, 0.6) is 0 Å². The quantitative estimate of drug-likeness (QED) is 0.550. The lowest BCUT2D eigenvalue weighted by Gasteiger charge is -1.81. The van der Waals surface area contributed by atoms with Crippen molar-refractivity contribution in [1.29, 1.82) is 0 Å². The predicted molar refractivity (Wildman–Crippen MR) is 40.1 cm³/mol. The first-order valence-electron chi connectivity index (χ1n) is 4.07. The molecule has 2 heterocycles. The Morgan fingerprint density at radius 3 is 2.00 bits per heavy atom. The van der Waals surface area contributed by atoms with Crippen LogP contribution in [-0.2, 0) is 9.47 Å². The van der Waals surface area contributed by atoms with Gasteiger partial charge >= 0.3 is 0 Å². The maximum atomic E-state index is 5.16. The summed E-state index contributed by atoms with van der Waals surface area (Å²) in [5.41, 5.74) is 0. The lowest BCUT2D eigenvalue weighted by atomic mass is 10.2. The first-order valence-corrected chi connectivity index (χ1v) is 4.07. The molecule has 2 saturated heterocycles. The Balaban J connectivity index is 0.000000138. The number of ether oxygens (including phenoxy) is 2. The van der Waals surface area contributed by atoms with E-state index in [1.165, 1.54) is 12.8 Å². The van der Waals surface area contributed by atoms with Crippen LogP contribution >= 0.6 is 0 Å². The Hall–Kier alpha value is -0.0800. The first kappa shape index (κ1) is 8.02. The van der Waals surface area contributed by atoms with Gasteiger partial charge in [0.15, 0.2) is 0 Å². The van der Waals surface area contributed by atoms with Crippen LogP contribution in [0.4, 0.5) is 0 Å². The Labute approximate surface area is 62.5 Å². The topological polar surface area (TPSA) is 25.1 Å². The summed E-state index contributed by atoms with van der Waals surface area (Å²) < 4.78 is 9.66. The minimum Gasteiger partial charge on any atom is -0.377 e. The van der Waals surface area contributed by atoms with E-state index in [1.807, 2.05) is 0 Å². The molecule has 0 aromatic heterocycles. The monoisotopic (exact) mass is 144 g/mol. The van der Waals surface area contributed by atoms with Gasteiger partial charge in [0.1, 0.15) is 0 Å². The zero-order valence-corrected chi connectivity index (χ0v) is 6.80. The van der Waals surface area contributed by atoms with Crippen LogP contribution in [0.25, 0.3) is 0 Å². The van der Waals surface area contributed by atoms with Crippen LogP contribution in [0.1, 0.15) is 26.7 Å². The normalized spacial score (nSPS) is 34.2. The Morgan fingerprint density at radius 2 is 1.90 bits per heavy atom. The van der Waals surface area contributed by atoms with E-state index >= 15 is 0 Å². The lowest BCUT2D eigenvalue weighted by molar-refractivity contribution is 0.369. The summed E-state index contributed by atoms with van der Waals surface area (Å²) in [6, 6.07) is 0. The third-order valence-electron chi connectivity index (χ3n) is 1.61. The van der Waals surface area contributed by atoms with Gasteiger partial charge in [-0.3, -0.25) is 0 Å². The SMILES string of the molecule is C1CO1.CCCC1OC1C. The molecule has 60 valence electrons. The van der Waals surface area contributed by atoms with Crippen LogP contribution in [0.2, 0.25) is 0 Å². The molecule has 10 heavy (non-hydrogen) atoms. The second kappa shape index (κ2) is 3.94. The summed E-state index contributed by atoms with van der Waals surface area (Å²) in [6.45, 7) is 6.31. The molecular weight excluding hydrogens is 128 g/mol. The summed E-state index contributed by atoms with van der Waals surface area (Å²) in [5.74, 6) is 0. The van der Waals surface area contributed by atoms with Gasteiger partial charge in [-0.25, -0.2) is 0 Å². The summed E-state index contributed by atoms with van der Waals surface area (Å²) in [6.07, 6.45) is 3.70. The third-order valence-corrected chi connectivity index (χ3v) is 1.61. The fourth-order valence-corrected chi connectivity index (χ4v) is 0.818. The van der Waals surface area contributed by atoms with E-state index in [-0.39, 0.29) is 0 Å². The van der Waals surface area contributed by atoms with Crippen LogP contribution < -0.4 is 0 Å². The van der Waals surface area contributed by atoms with E-state index in [0.717, 1.165) is 13.2 Å². The molecule has 0 aromatic carbocycles. The lowest BCUT2D eigenvalue weighted by Crippen LogP contribution is -1.85. The molecule has 2 fully saturated rings.